The summed E-state index contributed by atoms with van der Waals surface area (Å²) in [5.74, 6) is -0.469. The molecule has 0 bridgehead atoms. The Kier molecular flexibility index (Phi) is 2.67. The number of hydrogen-bond donors (Lipinski definition) is 1. The molecule has 1 atom stereocenters. The number of hydrogen-bond acceptors (Lipinski definition) is 4. The third kappa shape index (κ3) is 1.93. The van der Waals surface area contributed by atoms with Crippen LogP contribution in [-0.2, 0) is 6.42 Å². The lowest BCUT2D eigenvalue weighted by molar-refractivity contribution is 0.0696. The number of rotatable bonds is 2. The molecule has 0 radical (unpaired) electrons. The number of carbonyl (C=O) groups is 1. The van der Waals surface area contributed by atoms with Gasteiger partial charge in [-0.25, -0.2) is 14.8 Å². The van der Waals surface area contributed by atoms with Crippen LogP contribution in [0.2, 0.25) is 0 Å². The zero-order valence-electron chi connectivity index (χ0n) is 10.4. The Bertz CT molecular complexity index is 625. The van der Waals surface area contributed by atoms with Crippen molar-refractivity contribution >= 4 is 17.6 Å². The molecule has 2 aromatic rings. The number of para-hydroxylation sites is 1. The van der Waals surface area contributed by atoms with Gasteiger partial charge < -0.3 is 10.0 Å². The Morgan fingerprint density at radius 1 is 1.32 bits per heavy atom. The highest BCUT2D eigenvalue weighted by atomic mass is 16.4. The molecule has 5 heteroatoms. The number of aromatic nitrogens is 2. The average molecular weight is 255 g/mol. The van der Waals surface area contributed by atoms with Crippen LogP contribution in [0.25, 0.3) is 0 Å². The molecule has 1 unspecified atom stereocenters. The number of carboxylic acids is 1. The predicted octanol–water partition coefficient (Wildman–Crippen LogP) is 2.26. The van der Waals surface area contributed by atoms with Crippen molar-refractivity contribution in [2.75, 3.05) is 4.90 Å². The Hall–Kier alpha value is -2.43. The number of carboxylic acid groups (broad SMARTS) is 1. The second-order valence-electron chi connectivity index (χ2n) is 4.63. The van der Waals surface area contributed by atoms with Gasteiger partial charge in [0.15, 0.2) is 0 Å². The number of anilines is 2. The minimum Gasteiger partial charge on any atom is -0.478 e. The maximum atomic E-state index is 10.8. The summed E-state index contributed by atoms with van der Waals surface area (Å²) in [5, 5.41) is 8.86. The lowest BCUT2D eigenvalue weighted by atomic mass is 10.1. The first-order valence-electron chi connectivity index (χ1n) is 6.09. The van der Waals surface area contributed by atoms with Crippen LogP contribution >= 0.6 is 0 Å². The van der Waals surface area contributed by atoms with Crippen LogP contribution in [0.1, 0.15) is 22.8 Å². The van der Waals surface area contributed by atoms with Gasteiger partial charge in [-0.2, -0.15) is 0 Å². The summed E-state index contributed by atoms with van der Waals surface area (Å²) in [7, 11) is 0. The van der Waals surface area contributed by atoms with E-state index < -0.39 is 5.97 Å². The second kappa shape index (κ2) is 4.35. The van der Waals surface area contributed by atoms with Gasteiger partial charge in [0, 0.05) is 24.1 Å². The van der Waals surface area contributed by atoms with Crippen LogP contribution in [0.3, 0.4) is 0 Å². The summed E-state index contributed by atoms with van der Waals surface area (Å²) in [6.07, 6.45) is 3.64. The van der Waals surface area contributed by atoms with Crippen LogP contribution < -0.4 is 4.90 Å². The van der Waals surface area contributed by atoms with E-state index in [1.807, 2.05) is 23.1 Å². The highest BCUT2D eigenvalue weighted by Gasteiger charge is 2.28. The molecule has 0 saturated carbocycles. The van der Waals surface area contributed by atoms with Crippen LogP contribution in [0.4, 0.5) is 11.6 Å². The van der Waals surface area contributed by atoms with E-state index in [-0.39, 0.29) is 11.6 Å². The molecule has 19 heavy (non-hydrogen) atoms. The lowest BCUT2D eigenvalue weighted by Crippen LogP contribution is -2.25. The fourth-order valence-corrected chi connectivity index (χ4v) is 2.43. The van der Waals surface area contributed by atoms with Gasteiger partial charge in [-0.15, -0.1) is 0 Å². The normalized spacial score (nSPS) is 17.3. The first kappa shape index (κ1) is 11.6. The molecule has 2 heterocycles. The first-order valence-corrected chi connectivity index (χ1v) is 6.09. The highest BCUT2D eigenvalue weighted by molar-refractivity contribution is 5.86. The van der Waals surface area contributed by atoms with Gasteiger partial charge in [0.25, 0.3) is 0 Å². The van der Waals surface area contributed by atoms with Crippen LogP contribution in [0, 0.1) is 0 Å². The molecule has 1 aromatic carbocycles. The van der Waals surface area contributed by atoms with Gasteiger partial charge in [0.1, 0.15) is 0 Å². The quantitative estimate of drug-likeness (QED) is 0.891. The van der Waals surface area contributed by atoms with Crippen LogP contribution in [-0.4, -0.2) is 27.1 Å². The van der Waals surface area contributed by atoms with Crippen molar-refractivity contribution in [1.82, 2.24) is 9.97 Å². The average Bonchev–Trinajstić information content (AvgIpc) is 2.74. The van der Waals surface area contributed by atoms with Gasteiger partial charge in [0.05, 0.1) is 5.56 Å². The number of aromatic carboxylic acids is 1. The van der Waals surface area contributed by atoms with E-state index in [9.17, 15) is 4.79 Å². The summed E-state index contributed by atoms with van der Waals surface area (Å²) in [6, 6.07) is 8.40. The standard InChI is InChI=1S/C14H13N3O2/c1-9-6-10-4-2-3-5-12(10)17(9)14-15-7-11(8-16-14)13(18)19/h2-5,7-9H,6H2,1H3,(H,18,19). The molecule has 1 aliphatic heterocycles. The molecule has 0 saturated heterocycles. The topological polar surface area (TPSA) is 66.3 Å². The largest absolute Gasteiger partial charge is 0.478 e. The minimum atomic E-state index is -1.01. The van der Waals surface area contributed by atoms with Gasteiger partial charge in [-0.1, -0.05) is 18.2 Å². The summed E-state index contributed by atoms with van der Waals surface area (Å²) in [4.78, 5) is 21.2. The summed E-state index contributed by atoms with van der Waals surface area (Å²) in [6.45, 7) is 2.11. The predicted molar refractivity (Wildman–Crippen MR) is 70.7 cm³/mol. The molecular formula is C14H13N3O2. The van der Waals surface area contributed by atoms with Crippen molar-refractivity contribution in [3.63, 3.8) is 0 Å². The lowest BCUT2D eigenvalue weighted by Gasteiger charge is -2.22. The van der Waals surface area contributed by atoms with Crippen molar-refractivity contribution in [3.05, 3.63) is 47.8 Å². The molecule has 1 aliphatic rings. The number of fused-ring (bicyclic) bond motifs is 1. The molecule has 5 nitrogen and oxygen atoms in total. The van der Waals surface area contributed by atoms with E-state index in [2.05, 4.69) is 23.0 Å². The van der Waals surface area contributed by atoms with Crippen molar-refractivity contribution < 1.29 is 9.90 Å². The molecule has 0 amide bonds. The van der Waals surface area contributed by atoms with Crippen molar-refractivity contribution in [2.45, 2.75) is 19.4 Å². The van der Waals surface area contributed by atoms with Crippen LogP contribution in [0.5, 0.6) is 0 Å². The second-order valence-corrected chi connectivity index (χ2v) is 4.63. The smallest absolute Gasteiger partial charge is 0.338 e. The third-order valence-corrected chi connectivity index (χ3v) is 3.31. The molecule has 1 N–H and O–H groups in total. The zero-order valence-corrected chi connectivity index (χ0v) is 10.4. The molecule has 0 aliphatic carbocycles. The van der Waals surface area contributed by atoms with Crippen LogP contribution in [0.15, 0.2) is 36.7 Å². The number of nitrogens with zero attached hydrogens (tertiary/aromatic N) is 3. The Labute approximate surface area is 110 Å². The minimum absolute atomic E-state index is 0.101. The first-order chi connectivity index (χ1) is 9.16. The summed E-state index contributed by atoms with van der Waals surface area (Å²) >= 11 is 0. The molecule has 1 aromatic heterocycles. The fraction of sp³-hybridized carbons (Fsp3) is 0.214. The van der Waals surface area contributed by atoms with E-state index in [0.717, 1.165) is 12.1 Å². The van der Waals surface area contributed by atoms with E-state index in [4.69, 9.17) is 5.11 Å². The molecule has 0 spiro atoms. The summed E-state index contributed by atoms with van der Waals surface area (Å²) < 4.78 is 0. The monoisotopic (exact) mass is 255 g/mol. The zero-order chi connectivity index (χ0) is 13.4. The van der Waals surface area contributed by atoms with E-state index >= 15 is 0 Å². The van der Waals surface area contributed by atoms with Crippen molar-refractivity contribution in [1.29, 1.82) is 0 Å². The highest BCUT2D eigenvalue weighted by Crippen LogP contribution is 2.35. The maximum Gasteiger partial charge on any atom is 0.338 e. The van der Waals surface area contributed by atoms with Gasteiger partial charge >= 0.3 is 5.97 Å². The van der Waals surface area contributed by atoms with Gasteiger partial charge in [-0.3, -0.25) is 0 Å². The molecule has 0 fully saturated rings. The van der Waals surface area contributed by atoms with Gasteiger partial charge in [-0.05, 0) is 25.0 Å². The Morgan fingerprint density at radius 2 is 2.00 bits per heavy atom. The van der Waals surface area contributed by atoms with E-state index in [1.54, 1.807) is 0 Å². The molecule has 3 rings (SSSR count). The summed E-state index contributed by atoms with van der Waals surface area (Å²) in [5.41, 5.74) is 2.46. The maximum absolute atomic E-state index is 10.8. The molecular weight excluding hydrogens is 242 g/mol. The Balaban J connectivity index is 2.00. The molecule has 96 valence electrons. The Morgan fingerprint density at radius 3 is 2.68 bits per heavy atom. The van der Waals surface area contributed by atoms with Gasteiger partial charge in [0.2, 0.25) is 5.95 Å². The SMILES string of the molecule is CC1Cc2ccccc2N1c1ncc(C(=O)O)cn1. The van der Waals surface area contributed by atoms with Crippen molar-refractivity contribution in [2.24, 2.45) is 0 Å². The third-order valence-electron chi connectivity index (χ3n) is 3.31. The number of benzene rings is 1. The van der Waals surface area contributed by atoms with E-state index in [0.29, 0.717) is 5.95 Å². The van der Waals surface area contributed by atoms with E-state index in [1.165, 1.54) is 18.0 Å². The fourth-order valence-electron chi connectivity index (χ4n) is 2.43. The van der Waals surface area contributed by atoms with Crippen molar-refractivity contribution in [3.8, 4) is 0 Å².